The van der Waals surface area contributed by atoms with E-state index < -0.39 is 0 Å². The predicted octanol–water partition coefficient (Wildman–Crippen LogP) is 4.28. The van der Waals surface area contributed by atoms with Crippen LogP contribution in [0.15, 0.2) is 75.9 Å². The molecule has 0 radical (unpaired) electrons. The maximum absolute atomic E-state index is 12.7. The van der Waals surface area contributed by atoms with Gasteiger partial charge in [0.25, 0.3) is 5.56 Å². The molecule has 3 heterocycles. The highest BCUT2D eigenvalue weighted by Crippen LogP contribution is 2.24. The summed E-state index contributed by atoms with van der Waals surface area (Å²) in [4.78, 5) is 17.7. The molecule has 0 aliphatic heterocycles. The first-order chi connectivity index (χ1) is 13.7. The van der Waals surface area contributed by atoms with Gasteiger partial charge in [0.15, 0.2) is 5.82 Å². The van der Waals surface area contributed by atoms with Crippen molar-refractivity contribution in [2.45, 2.75) is 0 Å². The van der Waals surface area contributed by atoms with Gasteiger partial charge in [0.1, 0.15) is 16.1 Å². The van der Waals surface area contributed by atoms with Crippen molar-refractivity contribution in [1.82, 2.24) is 14.6 Å². The first-order valence-corrected chi connectivity index (χ1v) is 9.69. The van der Waals surface area contributed by atoms with Gasteiger partial charge < -0.3 is 4.42 Å². The van der Waals surface area contributed by atoms with Crippen molar-refractivity contribution in [2.75, 3.05) is 0 Å². The minimum absolute atomic E-state index is 0.209. The summed E-state index contributed by atoms with van der Waals surface area (Å²) in [5.74, 6) is 1.84. The van der Waals surface area contributed by atoms with Crippen molar-refractivity contribution in [3.63, 3.8) is 0 Å². The molecule has 5 nitrogen and oxygen atoms in total. The minimum atomic E-state index is -0.209. The molecule has 0 aliphatic carbocycles. The number of fused-ring (bicyclic) bond motifs is 1. The topological polar surface area (TPSA) is 60.4 Å². The van der Waals surface area contributed by atoms with Gasteiger partial charge in [0, 0.05) is 22.2 Å². The average Bonchev–Trinajstić information content (AvgIpc) is 3.41. The van der Waals surface area contributed by atoms with E-state index in [1.807, 2.05) is 66.7 Å². The molecule has 136 valence electrons. The van der Waals surface area contributed by atoms with E-state index in [9.17, 15) is 4.79 Å². The molecule has 0 aliphatic rings. The molecule has 0 spiro atoms. The van der Waals surface area contributed by atoms with Crippen LogP contribution in [0, 0.1) is 0 Å². The molecule has 7 heteroatoms. The predicted molar refractivity (Wildman–Crippen MR) is 111 cm³/mol. The van der Waals surface area contributed by atoms with Gasteiger partial charge in [-0.3, -0.25) is 4.79 Å². The Balaban J connectivity index is 1.52. The third-order valence-electron chi connectivity index (χ3n) is 4.24. The highest BCUT2D eigenvalue weighted by Gasteiger charge is 2.12. The van der Waals surface area contributed by atoms with Crippen LogP contribution in [0.25, 0.3) is 33.7 Å². The number of thiazole rings is 1. The van der Waals surface area contributed by atoms with E-state index in [1.54, 1.807) is 6.08 Å². The average molecular weight is 406 g/mol. The number of hydrogen-bond acceptors (Lipinski definition) is 5. The standard InChI is InChI=1S/C21H12ClN3O2S/c22-15-8-6-13(7-9-15)17-11-10-16(27-17)12-18-20(26)25-21(28-18)23-19(24-25)14-4-2-1-3-5-14/h1-12H/b18-12-. The summed E-state index contributed by atoms with van der Waals surface area (Å²) in [5.41, 5.74) is 1.59. The van der Waals surface area contributed by atoms with Gasteiger partial charge in [-0.25, -0.2) is 0 Å². The highest BCUT2D eigenvalue weighted by atomic mass is 35.5. The van der Waals surface area contributed by atoms with Gasteiger partial charge in [-0.2, -0.15) is 9.50 Å². The van der Waals surface area contributed by atoms with Crippen molar-refractivity contribution in [2.24, 2.45) is 0 Å². The van der Waals surface area contributed by atoms with Crippen LogP contribution in [-0.4, -0.2) is 14.6 Å². The zero-order valence-electron chi connectivity index (χ0n) is 14.4. The second-order valence-corrected chi connectivity index (χ2v) is 7.57. The SMILES string of the molecule is O=c1/c(=C/c2ccc(-c3ccc(Cl)cc3)o2)sc2nc(-c3ccccc3)nn12. The summed E-state index contributed by atoms with van der Waals surface area (Å²) in [7, 11) is 0. The Hall–Kier alpha value is -3.22. The number of nitrogens with zero attached hydrogens (tertiary/aromatic N) is 3. The van der Waals surface area contributed by atoms with E-state index >= 15 is 0 Å². The lowest BCUT2D eigenvalue weighted by Crippen LogP contribution is -2.23. The van der Waals surface area contributed by atoms with Crippen LogP contribution in [-0.2, 0) is 0 Å². The van der Waals surface area contributed by atoms with Crippen LogP contribution in [0.5, 0.6) is 0 Å². The summed E-state index contributed by atoms with van der Waals surface area (Å²) >= 11 is 7.21. The minimum Gasteiger partial charge on any atom is -0.457 e. The van der Waals surface area contributed by atoms with E-state index in [0.717, 1.165) is 11.1 Å². The highest BCUT2D eigenvalue weighted by molar-refractivity contribution is 7.15. The molecule has 0 saturated carbocycles. The Morgan fingerprint density at radius 2 is 1.75 bits per heavy atom. The Kier molecular flexibility index (Phi) is 4.07. The fourth-order valence-electron chi connectivity index (χ4n) is 2.87. The Labute approximate surface area is 168 Å². The second kappa shape index (κ2) is 6.74. The molecule has 0 amide bonds. The van der Waals surface area contributed by atoms with Crippen LogP contribution in [0.4, 0.5) is 0 Å². The molecule has 2 aromatic carbocycles. The Bertz CT molecular complexity index is 1390. The zero-order valence-corrected chi connectivity index (χ0v) is 15.9. The molecule has 0 bridgehead atoms. The number of halogens is 1. The van der Waals surface area contributed by atoms with Gasteiger partial charge >= 0.3 is 0 Å². The molecule has 0 saturated heterocycles. The number of rotatable bonds is 3. The monoisotopic (exact) mass is 405 g/mol. The molecule has 28 heavy (non-hydrogen) atoms. The van der Waals surface area contributed by atoms with Crippen molar-refractivity contribution in [1.29, 1.82) is 0 Å². The van der Waals surface area contributed by atoms with Gasteiger partial charge in [-0.1, -0.05) is 53.3 Å². The summed E-state index contributed by atoms with van der Waals surface area (Å²) in [6.45, 7) is 0. The Morgan fingerprint density at radius 1 is 0.964 bits per heavy atom. The van der Waals surface area contributed by atoms with E-state index in [1.165, 1.54) is 15.9 Å². The maximum Gasteiger partial charge on any atom is 0.291 e. The number of benzene rings is 2. The van der Waals surface area contributed by atoms with Crippen molar-refractivity contribution < 1.29 is 4.42 Å². The summed E-state index contributed by atoms with van der Waals surface area (Å²) < 4.78 is 7.71. The number of aromatic nitrogens is 3. The van der Waals surface area contributed by atoms with E-state index in [4.69, 9.17) is 16.0 Å². The third kappa shape index (κ3) is 3.02. The molecule has 3 aromatic heterocycles. The fraction of sp³-hybridized carbons (Fsp3) is 0. The Morgan fingerprint density at radius 3 is 2.50 bits per heavy atom. The maximum atomic E-state index is 12.7. The smallest absolute Gasteiger partial charge is 0.291 e. The lowest BCUT2D eigenvalue weighted by molar-refractivity contribution is 0.571. The molecule has 0 N–H and O–H groups in total. The van der Waals surface area contributed by atoms with Gasteiger partial charge in [-0.05, 0) is 36.4 Å². The quantitative estimate of drug-likeness (QED) is 0.449. The van der Waals surface area contributed by atoms with E-state index in [2.05, 4.69) is 10.1 Å². The van der Waals surface area contributed by atoms with Gasteiger partial charge in [0.2, 0.25) is 4.96 Å². The third-order valence-corrected chi connectivity index (χ3v) is 5.45. The van der Waals surface area contributed by atoms with Crippen LogP contribution >= 0.6 is 22.9 Å². The molecule has 0 unspecified atom stereocenters. The second-order valence-electron chi connectivity index (χ2n) is 6.12. The van der Waals surface area contributed by atoms with Crippen molar-refractivity contribution in [3.05, 3.63) is 92.4 Å². The fourth-order valence-corrected chi connectivity index (χ4v) is 3.89. The summed E-state index contributed by atoms with van der Waals surface area (Å²) in [5, 5.41) is 5.02. The first-order valence-electron chi connectivity index (χ1n) is 8.50. The molecule has 5 aromatic rings. The molecular weight excluding hydrogens is 394 g/mol. The largest absolute Gasteiger partial charge is 0.457 e. The first kappa shape index (κ1) is 16.9. The molecule has 0 atom stereocenters. The van der Waals surface area contributed by atoms with E-state index in [0.29, 0.717) is 31.9 Å². The van der Waals surface area contributed by atoms with Crippen LogP contribution < -0.4 is 10.1 Å². The zero-order chi connectivity index (χ0) is 19.1. The van der Waals surface area contributed by atoms with Crippen LogP contribution in [0.3, 0.4) is 0 Å². The van der Waals surface area contributed by atoms with Gasteiger partial charge in [0.05, 0.1) is 0 Å². The van der Waals surface area contributed by atoms with E-state index in [-0.39, 0.29) is 5.56 Å². The molecule has 0 fully saturated rings. The lowest BCUT2D eigenvalue weighted by Gasteiger charge is -1.96. The number of furan rings is 1. The van der Waals surface area contributed by atoms with Crippen LogP contribution in [0.2, 0.25) is 5.02 Å². The normalized spacial score (nSPS) is 12.1. The van der Waals surface area contributed by atoms with Crippen molar-refractivity contribution >= 4 is 34.0 Å². The van der Waals surface area contributed by atoms with Gasteiger partial charge in [-0.15, -0.1) is 5.10 Å². The summed E-state index contributed by atoms with van der Waals surface area (Å²) in [6.07, 6.45) is 1.71. The molecular formula is C21H12ClN3O2S. The summed E-state index contributed by atoms with van der Waals surface area (Å²) in [6, 6.07) is 20.7. The lowest BCUT2D eigenvalue weighted by atomic mass is 10.2. The van der Waals surface area contributed by atoms with Crippen molar-refractivity contribution in [3.8, 4) is 22.7 Å². The number of hydrogen-bond donors (Lipinski definition) is 0. The van der Waals surface area contributed by atoms with Crippen LogP contribution in [0.1, 0.15) is 5.76 Å². The molecule has 5 rings (SSSR count).